The van der Waals surface area contributed by atoms with E-state index in [-0.39, 0.29) is 23.8 Å². The van der Waals surface area contributed by atoms with Crippen LogP contribution < -0.4 is 10.6 Å². The van der Waals surface area contributed by atoms with Crippen LogP contribution in [0.1, 0.15) is 49.7 Å². The molecule has 5 rings (SSSR count). The molecular formula is C28H37N3O5. The zero-order chi connectivity index (χ0) is 25.4. The average molecular weight is 496 g/mol. The summed E-state index contributed by atoms with van der Waals surface area (Å²) in [5, 5.41) is 6.21. The number of carbonyl (C=O) groups is 3. The number of likely N-dealkylation sites (tertiary alicyclic amines) is 1. The average Bonchev–Trinajstić information content (AvgIpc) is 3.50. The van der Waals surface area contributed by atoms with Crippen molar-refractivity contribution in [2.24, 2.45) is 11.8 Å². The summed E-state index contributed by atoms with van der Waals surface area (Å²) >= 11 is 0. The van der Waals surface area contributed by atoms with Gasteiger partial charge in [0.2, 0.25) is 17.7 Å². The van der Waals surface area contributed by atoms with E-state index in [0.717, 1.165) is 36.8 Å². The Bertz CT molecular complexity index is 1070. The van der Waals surface area contributed by atoms with E-state index in [4.69, 9.17) is 9.47 Å². The molecule has 1 aromatic carbocycles. The Morgan fingerprint density at radius 3 is 2.64 bits per heavy atom. The molecule has 5 atom stereocenters. The molecular weight excluding hydrogens is 458 g/mol. The Balaban J connectivity index is 1.41. The Labute approximate surface area is 212 Å². The third-order valence-corrected chi connectivity index (χ3v) is 8.40. The molecule has 1 spiro atoms. The van der Waals surface area contributed by atoms with Gasteiger partial charge in [0.05, 0.1) is 17.9 Å². The van der Waals surface area contributed by atoms with E-state index in [1.165, 1.54) is 6.42 Å². The summed E-state index contributed by atoms with van der Waals surface area (Å²) in [6.45, 7) is 4.87. The van der Waals surface area contributed by atoms with E-state index in [1.807, 2.05) is 44.2 Å². The topological polar surface area (TPSA) is 97.0 Å². The normalized spacial score (nSPS) is 31.1. The summed E-state index contributed by atoms with van der Waals surface area (Å²) in [6.07, 6.45) is 9.07. The molecule has 1 saturated carbocycles. The molecule has 2 saturated heterocycles. The summed E-state index contributed by atoms with van der Waals surface area (Å²) in [6, 6.07) is 5.08. The highest BCUT2D eigenvalue weighted by molar-refractivity contribution is 6.02. The number of hydrogen-bond acceptors (Lipinski definition) is 5. The van der Waals surface area contributed by atoms with E-state index in [2.05, 4.69) is 10.6 Å². The molecule has 0 unspecified atom stereocenters. The minimum atomic E-state index is -1.13. The Kier molecular flexibility index (Phi) is 6.92. The Morgan fingerprint density at radius 2 is 1.92 bits per heavy atom. The number of rotatable bonds is 8. The predicted molar refractivity (Wildman–Crippen MR) is 135 cm³/mol. The monoisotopic (exact) mass is 495 g/mol. The van der Waals surface area contributed by atoms with E-state index in [9.17, 15) is 14.4 Å². The van der Waals surface area contributed by atoms with Gasteiger partial charge in [-0.05, 0) is 56.4 Å². The quantitative estimate of drug-likeness (QED) is 0.427. The zero-order valence-electron chi connectivity index (χ0n) is 21.4. The fourth-order valence-electron chi connectivity index (χ4n) is 6.46. The van der Waals surface area contributed by atoms with Crippen LogP contribution in [0.5, 0.6) is 0 Å². The number of benzene rings is 1. The van der Waals surface area contributed by atoms with Crippen LogP contribution in [-0.2, 0) is 23.9 Å². The first-order chi connectivity index (χ1) is 17.4. The molecule has 2 bridgehead atoms. The van der Waals surface area contributed by atoms with Crippen LogP contribution >= 0.6 is 0 Å². The molecule has 3 heterocycles. The van der Waals surface area contributed by atoms with Crippen molar-refractivity contribution in [3.05, 3.63) is 41.5 Å². The number of nitrogens with one attached hydrogen (secondary N) is 2. The van der Waals surface area contributed by atoms with Crippen molar-refractivity contribution in [1.82, 2.24) is 10.2 Å². The molecule has 0 radical (unpaired) electrons. The molecule has 8 nitrogen and oxygen atoms in total. The Hall–Kier alpha value is -2.71. The van der Waals surface area contributed by atoms with Crippen molar-refractivity contribution in [1.29, 1.82) is 0 Å². The molecule has 3 fully saturated rings. The highest BCUT2D eigenvalue weighted by atomic mass is 16.5. The third kappa shape index (κ3) is 4.24. The van der Waals surface area contributed by atoms with Gasteiger partial charge in [0.25, 0.3) is 0 Å². The first-order valence-electron chi connectivity index (χ1n) is 13.2. The molecule has 8 heteroatoms. The van der Waals surface area contributed by atoms with Gasteiger partial charge >= 0.3 is 0 Å². The standard InChI is InChI=1S/C28H37N3O5/c1-17-10-11-20(16-18(17)2)30-25(32)22-21-12-13-28(36-21)23(22)27(34)31(14-7-15-35-3)24(28)26(33)29-19-8-5-4-6-9-19/h10-13,16,19,21-24H,4-9,14-15H2,1-3H3,(H,29,33)(H,30,32)/t21-,22-,23-,24+,28+/m1/s1. The predicted octanol–water partition coefficient (Wildman–Crippen LogP) is 2.88. The van der Waals surface area contributed by atoms with Gasteiger partial charge in [0.1, 0.15) is 11.6 Å². The lowest BCUT2D eigenvalue weighted by Crippen LogP contribution is -2.56. The van der Waals surface area contributed by atoms with Gasteiger partial charge in [0, 0.05) is 32.0 Å². The van der Waals surface area contributed by atoms with Gasteiger partial charge in [0.15, 0.2) is 0 Å². The van der Waals surface area contributed by atoms with E-state index in [0.29, 0.717) is 25.3 Å². The van der Waals surface area contributed by atoms with Crippen molar-refractivity contribution >= 4 is 23.4 Å². The van der Waals surface area contributed by atoms with Crippen molar-refractivity contribution in [2.45, 2.75) is 76.2 Å². The van der Waals surface area contributed by atoms with Gasteiger partial charge in [-0.25, -0.2) is 0 Å². The van der Waals surface area contributed by atoms with Gasteiger partial charge in [-0.15, -0.1) is 0 Å². The van der Waals surface area contributed by atoms with Crippen molar-refractivity contribution in [2.75, 3.05) is 25.6 Å². The Morgan fingerprint density at radius 1 is 1.14 bits per heavy atom. The van der Waals surface area contributed by atoms with Gasteiger partial charge in [-0.1, -0.05) is 37.5 Å². The number of amides is 3. The number of nitrogens with zero attached hydrogens (tertiary/aromatic N) is 1. The molecule has 1 aromatic rings. The zero-order valence-corrected chi connectivity index (χ0v) is 21.4. The van der Waals surface area contributed by atoms with Crippen LogP contribution in [0, 0.1) is 25.7 Å². The summed E-state index contributed by atoms with van der Waals surface area (Å²) in [4.78, 5) is 42.7. The molecule has 1 aliphatic carbocycles. The second-order valence-electron chi connectivity index (χ2n) is 10.7. The van der Waals surface area contributed by atoms with Crippen LogP contribution in [0.2, 0.25) is 0 Å². The van der Waals surface area contributed by atoms with Crippen molar-refractivity contribution < 1.29 is 23.9 Å². The van der Waals surface area contributed by atoms with Gasteiger partial charge < -0.3 is 25.0 Å². The SMILES string of the molecule is COCCCN1C(=O)[C@H]2[C@H](C(=O)Nc3ccc(C)c(C)c3)[C@H]3C=C[C@@]2(O3)[C@@H]1C(=O)NC1CCCCC1. The van der Waals surface area contributed by atoms with Crippen LogP contribution in [0.4, 0.5) is 5.69 Å². The van der Waals surface area contributed by atoms with Gasteiger partial charge in [-0.2, -0.15) is 0 Å². The molecule has 0 aromatic heterocycles. The van der Waals surface area contributed by atoms with E-state index in [1.54, 1.807) is 12.0 Å². The second-order valence-corrected chi connectivity index (χ2v) is 10.7. The molecule has 2 N–H and O–H groups in total. The minimum absolute atomic E-state index is 0.115. The number of hydrogen-bond donors (Lipinski definition) is 2. The van der Waals surface area contributed by atoms with Crippen LogP contribution in [0.25, 0.3) is 0 Å². The van der Waals surface area contributed by atoms with Crippen LogP contribution in [0.3, 0.4) is 0 Å². The minimum Gasteiger partial charge on any atom is -0.385 e. The summed E-state index contributed by atoms with van der Waals surface area (Å²) < 4.78 is 11.6. The number of carbonyl (C=O) groups excluding carboxylic acids is 3. The first kappa shape index (κ1) is 25.0. The number of methoxy groups -OCH3 is 1. The molecule has 3 amide bonds. The molecule has 4 aliphatic rings. The number of ether oxygens (including phenoxy) is 2. The lowest BCUT2D eigenvalue weighted by Gasteiger charge is -2.34. The van der Waals surface area contributed by atoms with Gasteiger partial charge in [-0.3, -0.25) is 14.4 Å². The molecule has 194 valence electrons. The smallest absolute Gasteiger partial charge is 0.246 e. The fourth-order valence-corrected chi connectivity index (χ4v) is 6.46. The van der Waals surface area contributed by atoms with Crippen LogP contribution in [0.15, 0.2) is 30.4 Å². The second kappa shape index (κ2) is 9.98. The van der Waals surface area contributed by atoms with Crippen molar-refractivity contribution in [3.63, 3.8) is 0 Å². The summed E-state index contributed by atoms with van der Waals surface area (Å²) in [5.41, 5.74) is 1.79. The first-order valence-corrected chi connectivity index (χ1v) is 13.2. The molecule has 36 heavy (non-hydrogen) atoms. The highest BCUT2D eigenvalue weighted by Gasteiger charge is 2.72. The highest BCUT2D eigenvalue weighted by Crippen LogP contribution is 2.55. The van der Waals surface area contributed by atoms with Crippen LogP contribution in [-0.4, -0.2) is 66.7 Å². The lowest BCUT2D eigenvalue weighted by molar-refractivity contribution is -0.141. The number of aryl methyl sites for hydroxylation is 2. The van der Waals surface area contributed by atoms with E-state index >= 15 is 0 Å². The summed E-state index contributed by atoms with van der Waals surface area (Å²) in [7, 11) is 1.62. The lowest BCUT2D eigenvalue weighted by atomic mass is 9.74. The maximum atomic E-state index is 13.9. The third-order valence-electron chi connectivity index (χ3n) is 8.40. The number of anilines is 1. The fraction of sp³-hybridized carbons (Fsp3) is 0.607. The summed E-state index contributed by atoms with van der Waals surface area (Å²) in [5.74, 6) is -2.05. The maximum absolute atomic E-state index is 13.9. The largest absolute Gasteiger partial charge is 0.385 e. The number of fused-ring (bicyclic) bond motifs is 1. The van der Waals surface area contributed by atoms with Crippen molar-refractivity contribution in [3.8, 4) is 0 Å². The molecule has 3 aliphatic heterocycles. The maximum Gasteiger partial charge on any atom is 0.246 e. The van der Waals surface area contributed by atoms with E-state index < -0.39 is 29.6 Å².